The van der Waals surface area contributed by atoms with Gasteiger partial charge < -0.3 is 0 Å². The van der Waals surface area contributed by atoms with Crippen molar-refractivity contribution in [3.05, 3.63) is 0 Å². The van der Waals surface area contributed by atoms with E-state index < -0.39 is 0 Å². The Kier molecular flexibility index (Phi) is 1.92. The average Bonchev–Trinajstić information content (AvgIpc) is 2.34. The van der Waals surface area contributed by atoms with Crippen molar-refractivity contribution in [2.24, 2.45) is 5.92 Å². The summed E-state index contributed by atoms with van der Waals surface area (Å²) in [4.78, 5) is 2.72. The summed E-state index contributed by atoms with van der Waals surface area (Å²) in [5.74, 6) is 0.976. The lowest BCUT2D eigenvalue weighted by molar-refractivity contribution is 0.103. The molecule has 0 aromatic carbocycles. The van der Waals surface area contributed by atoms with Crippen LogP contribution in [0.25, 0.3) is 0 Å². The van der Waals surface area contributed by atoms with Crippen molar-refractivity contribution in [1.29, 1.82) is 0 Å². The lowest BCUT2D eigenvalue weighted by Crippen LogP contribution is -2.43. The third-order valence-electron chi connectivity index (χ3n) is 3.41. The van der Waals surface area contributed by atoms with Gasteiger partial charge in [-0.3, -0.25) is 4.90 Å². The summed E-state index contributed by atoms with van der Waals surface area (Å²) in [6.07, 6.45) is 5.80. The topological polar surface area (TPSA) is 3.24 Å². The average molecular weight is 153 g/mol. The van der Waals surface area contributed by atoms with E-state index in [0.717, 1.165) is 18.0 Å². The zero-order chi connectivity index (χ0) is 7.84. The molecule has 2 heterocycles. The van der Waals surface area contributed by atoms with Crippen molar-refractivity contribution < 1.29 is 0 Å². The van der Waals surface area contributed by atoms with Gasteiger partial charge in [0.2, 0.25) is 0 Å². The third-order valence-corrected chi connectivity index (χ3v) is 3.41. The van der Waals surface area contributed by atoms with E-state index in [4.69, 9.17) is 0 Å². The summed E-state index contributed by atoms with van der Waals surface area (Å²) in [5.41, 5.74) is 0. The molecular formula is C10H19N. The maximum atomic E-state index is 2.72. The number of rotatable bonds is 0. The smallest absolute Gasteiger partial charge is 0.0101 e. The molecule has 11 heavy (non-hydrogen) atoms. The van der Waals surface area contributed by atoms with E-state index in [9.17, 15) is 0 Å². The SMILES string of the molecule is CC1CC(C)N2CCC[C@H]2C1. The molecule has 0 aromatic rings. The second-order valence-electron chi connectivity index (χ2n) is 4.46. The molecule has 1 nitrogen and oxygen atoms in total. The van der Waals surface area contributed by atoms with E-state index in [1.165, 1.54) is 32.2 Å². The van der Waals surface area contributed by atoms with Gasteiger partial charge in [-0.25, -0.2) is 0 Å². The van der Waals surface area contributed by atoms with Gasteiger partial charge in [0.15, 0.2) is 0 Å². The van der Waals surface area contributed by atoms with Crippen LogP contribution < -0.4 is 0 Å². The van der Waals surface area contributed by atoms with Gasteiger partial charge in [-0.05, 0) is 45.1 Å². The molecule has 0 amide bonds. The van der Waals surface area contributed by atoms with Crippen LogP contribution in [0, 0.1) is 5.92 Å². The minimum absolute atomic E-state index is 0.867. The van der Waals surface area contributed by atoms with Crippen LogP contribution in [0.3, 0.4) is 0 Å². The van der Waals surface area contributed by atoms with Crippen molar-refractivity contribution in [3.8, 4) is 0 Å². The van der Waals surface area contributed by atoms with E-state index in [1.54, 1.807) is 0 Å². The van der Waals surface area contributed by atoms with Crippen molar-refractivity contribution in [3.63, 3.8) is 0 Å². The summed E-state index contributed by atoms with van der Waals surface area (Å²) in [7, 11) is 0. The largest absolute Gasteiger partial charge is 0.298 e. The molecule has 2 fully saturated rings. The Hall–Kier alpha value is -0.0400. The molecule has 0 N–H and O–H groups in total. The molecule has 3 atom stereocenters. The first kappa shape index (κ1) is 7.60. The van der Waals surface area contributed by atoms with E-state index in [-0.39, 0.29) is 0 Å². The molecule has 64 valence electrons. The van der Waals surface area contributed by atoms with E-state index in [1.807, 2.05) is 0 Å². The molecular weight excluding hydrogens is 134 g/mol. The van der Waals surface area contributed by atoms with Crippen molar-refractivity contribution in [1.82, 2.24) is 4.90 Å². The highest BCUT2D eigenvalue weighted by Crippen LogP contribution is 2.33. The Morgan fingerprint density at radius 2 is 2.00 bits per heavy atom. The van der Waals surface area contributed by atoms with Crippen LogP contribution >= 0.6 is 0 Å². The van der Waals surface area contributed by atoms with Gasteiger partial charge >= 0.3 is 0 Å². The number of fused-ring (bicyclic) bond motifs is 1. The maximum Gasteiger partial charge on any atom is 0.0101 e. The van der Waals surface area contributed by atoms with Gasteiger partial charge in [0, 0.05) is 12.1 Å². The zero-order valence-electron chi connectivity index (χ0n) is 7.71. The molecule has 0 saturated carbocycles. The first-order valence-corrected chi connectivity index (χ1v) is 5.03. The molecule has 0 radical (unpaired) electrons. The fraction of sp³-hybridized carbons (Fsp3) is 1.00. The molecule has 2 saturated heterocycles. The number of hydrogen-bond acceptors (Lipinski definition) is 1. The standard InChI is InChI=1S/C10H19N/c1-8-6-9(2)11-5-3-4-10(11)7-8/h8-10H,3-7H2,1-2H3/t8?,9?,10-/m0/s1. The van der Waals surface area contributed by atoms with Gasteiger partial charge in [0.1, 0.15) is 0 Å². The van der Waals surface area contributed by atoms with Crippen LogP contribution in [0.15, 0.2) is 0 Å². The van der Waals surface area contributed by atoms with Crippen LogP contribution in [-0.2, 0) is 0 Å². The van der Waals surface area contributed by atoms with E-state index in [2.05, 4.69) is 18.7 Å². The zero-order valence-corrected chi connectivity index (χ0v) is 7.71. The number of nitrogens with zero attached hydrogens (tertiary/aromatic N) is 1. The highest BCUT2D eigenvalue weighted by atomic mass is 15.2. The normalized spacial score (nSPS) is 45.8. The Morgan fingerprint density at radius 3 is 2.82 bits per heavy atom. The molecule has 2 aliphatic rings. The van der Waals surface area contributed by atoms with Crippen molar-refractivity contribution >= 4 is 0 Å². The lowest BCUT2D eigenvalue weighted by atomic mass is 9.89. The second kappa shape index (κ2) is 2.78. The molecule has 0 aromatic heterocycles. The summed E-state index contributed by atoms with van der Waals surface area (Å²) in [6, 6.07) is 1.82. The fourth-order valence-corrected chi connectivity index (χ4v) is 2.97. The van der Waals surface area contributed by atoms with Crippen LogP contribution in [0.4, 0.5) is 0 Å². The minimum atomic E-state index is 0.867. The summed E-state index contributed by atoms with van der Waals surface area (Å²) < 4.78 is 0. The van der Waals surface area contributed by atoms with Crippen LogP contribution in [0.1, 0.15) is 39.5 Å². The monoisotopic (exact) mass is 153 g/mol. The van der Waals surface area contributed by atoms with Crippen molar-refractivity contribution in [2.45, 2.75) is 51.6 Å². The lowest BCUT2D eigenvalue weighted by Gasteiger charge is -2.38. The number of hydrogen-bond donors (Lipinski definition) is 0. The maximum absolute atomic E-state index is 2.72. The Labute approximate surface area is 69.8 Å². The Morgan fingerprint density at radius 1 is 1.18 bits per heavy atom. The summed E-state index contributed by atoms with van der Waals surface area (Å²) >= 11 is 0. The second-order valence-corrected chi connectivity index (χ2v) is 4.46. The highest BCUT2D eigenvalue weighted by molar-refractivity contribution is 4.89. The van der Waals surface area contributed by atoms with Crippen LogP contribution in [0.2, 0.25) is 0 Å². The van der Waals surface area contributed by atoms with E-state index >= 15 is 0 Å². The molecule has 0 aliphatic carbocycles. The van der Waals surface area contributed by atoms with Crippen LogP contribution in [-0.4, -0.2) is 23.5 Å². The van der Waals surface area contributed by atoms with Crippen LogP contribution in [0.5, 0.6) is 0 Å². The highest BCUT2D eigenvalue weighted by Gasteiger charge is 2.34. The predicted octanol–water partition coefficient (Wildman–Crippen LogP) is 2.27. The molecule has 0 spiro atoms. The Balaban J connectivity index is 2.04. The molecule has 1 heteroatoms. The third kappa shape index (κ3) is 1.31. The molecule has 2 aliphatic heterocycles. The van der Waals surface area contributed by atoms with E-state index in [0.29, 0.717) is 0 Å². The van der Waals surface area contributed by atoms with Crippen molar-refractivity contribution in [2.75, 3.05) is 6.54 Å². The van der Waals surface area contributed by atoms with Gasteiger partial charge in [-0.2, -0.15) is 0 Å². The predicted molar refractivity (Wildman–Crippen MR) is 47.6 cm³/mol. The van der Waals surface area contributed by atoms with Gasteiger partial charge in [0.25, 0.3) is 0 Å². The fourth-order valence-electron chi connectivity index (χ4n) is 2.97. The summed E-state index contributed by atoms with van der Waals surface area (Å²) in [6.45, 7) is 6.18. The molecule has 2 unspecified atom stereocenters. The number of piperidine rings is 1. The first-order chi connectivity index (χ1) is 5.27. The quantitative estimate of drug-likeness (QED) is 0.516. The first-order valence-electron chi connectivity index (χ1n) is 5.03. The minimum Gasteiger partial charge on any atom is -0.298 e. The molecule has 2 rings (SSSR count). The Bertz CT molecular complexity index is 144. The van der Waals surface area contributed by atoms with Gasteiger partial charge in [-0.15, -0.1) is 0 Å². The van der Waals surface area contributed by atoms with Gasteiger partial charge in [0.05, 0.1) is 0 Å². The summed E-state index contributed by atoms with van der Waals surface area (Å²) in [5, 5.41) is 0. The van der Waals surface area contributed by atoms with Gasteiger partial charge in [-0.1, -0.05) is 6.92 Å². The molecule has 0 bridgehead atoms.